The number of benzene rings is 1. The molecule has 3 N–H and O–H groups in total. The van der Waals surface area contributed by atoms with Gasteiger partial charge in [-0.2, -0.15) is 0 Å². The Labute approximate surface area is 133 Å². The van der Waals surface area contributed by atoms with Gasteiger partial charge in [-0.1, -0.05) is 6.07 Å². The van der Waals surface area contributed by atoms with Gasteiger partial charge in [-0.15, -0.1) is 0 Å². The summed E-state index contributed by atoms with van der Waals surface area (Å²) in [6.07, 6.45) is 0.568. The zero-order chi connectivity index (χ0) is 16.8. The van der Waals surface area contributed by atoms with Gasteiger partial charge >= 0.3 is 0 Å². The van der Waals surface area contributed by atoms with Crippen LogP contribution < -0.4 is 15.8 Å². The molecule has 2 heterocycles. The molecule has 2 aliphatic rings. The van der Waals surface area contributed by atoms with Gasteiger partial charge < -0.3 is 9.64 Å². The van der Waals surface area contributed by atoms with E-state index in [4.69, 9.17) is 10.5 Å². The lowest BCUT2D eigenvalue weighted by Gasteiger charge is -2.29. The minimum Gasteiger partial charge on any atom is -0.473 e. The fourth-order valence-electron chi connectivity index (χ4n) is 2.94. The average Bonchev–Trinajstić information content (AvgIpc) is 2.76. The van der Waals surface area contributed by atoms with Crippen LogP contribution in [-0.2, 0) is 16.1 Å². The number of imide groups is 1. The topological polar surface area (TPSA) is 102 Å². The van der Waals surface area contributed by atoms with E-state index < -0.39 is 17.7 Å². The third-order valence-corrected chi connectivity index (χ3v) is 3.91. The van der Waals surface area contributed by atoms with E-state index in [9.17, 15) is 14.4 Å². The van der Waals surface area contributed by atoms with Gasteiger partial charge in [0.15, 0.2) is 5.72 Å². The van der Waals surface area contributed by atoms with E-state index in [1.54, 1.807) is 32.0 Å². The lowest BCUT2D eigenvalue weighted by atomic mass is 10.0. The molecular formula is C16H19N3O4. The van der Waals surface area contributed by atoms with Crippen molar-refractivity contribution in [1.82, 2.24) is 10.2 Å². The molecule has 1 aromatic rings. The number of rotatable bonds is 3. The number of piperidine rings is 1. The van der Waals surface area contributed by atoms with Crippen LogP contribution in [-0.4, -0.2) is 34.4 Å². The second-order valence-corrected chi connectivity index (χ2v) is 6.39. The third-order valence-electron chi connectivity index (χ3n) is 3.91. The fraction of sp³-hybridized carbons (Fsp3) is 0.438. The monoisotopic (exact) mass is 317 g/mol. The van der Waals surface area contributed by atoms with Crippen molar-refractivity contribution in [2.75, 3.05) is 0 Å². The quantitative estimate of drug-likeness (QED) is 0.625. The summed E-state index contributed by atoms with van der Waals surface area (Å²) < 4.78 is 5.72. The molecule has 3 amide bonds. The Hall–Kier alpha value is -2.41. The Balaban J connectivity index is 1.88. The maximum Gasteiger partial charge on any atom is 0.255 e. The number of hydrogen-bond donors (Lipinski definition) is 2. The first kappa shape index (κ1) is 15.5. The van der Waals surface area contributed by atoms with Crippen LogP contribution in [0.4, 0.5) is 0 Å². The van der Waals surface area contributed by atoms with E-state index in [1.807, 2.05) is 0 Å². The summed E-state index contributed by atoms with van der Waals surface area (Å²) in [7, 11) is 0. The summed E-state index contributed by atoms with van der Waals surface area (Å²) in [4.78, 5) is 37.4. The smallest absolute Gasteiger partial charge is 0.255 e. The van der Waals surface area contributed by atoms with Gasteiger partial charge in [-0.25, -0.2) is 0 Å². The van der Waals surface area contributed by atoms with Crippen LogP contribution in [0.25, 0.3) is 0 Å². The van der Waals surface area contributed by atoms with Crippen LogP contribution in [0.2, 0.25) is 0 Å². The van der Waals surface area contributed by atoms with Gasteiger partial charge in [-0.3, -0.25) is 25.4 Å². The highest BCUT2D eigenvalue weighted by Crippen LogP contribution is 2.34. The zero-order valence-electron chi connectivity index (χ0n) is 13.1. The lowest BCUT2D eigenvalue weighted by Crippen LogP contribution is -2.52. The predicted octanol–water partition coefficient (Wildman–Crippen LogP) is 0.521. The first-order valence-corrected chi connectivity index (χ1v) is 7.51. The van der Waals surface area contributed by atoms with Crippen LogP contribution in [0, 0.1) is 0 Å². The maximum absolute atomic E-state index is 12.6. The fourth-order valence-corrected chi connectivity index (χ4v) is 2.94. The Bertz CT molecular complexity index is 693. The van der Waals surface area contributed by atoms with E-state index in [0.717, 1.165) is 5.56 Å². The van der Waals surface area contributed by atoms with Crippen molar-refractivity contribution in [3.63, 3.8) is 0 Å². The number of amides is 3. The van der Waals surface area contributed by atoms with Crippen molar-refractivity contribution in [2.24, 2.45) is 5.73 Å². The molecule has 1 unspecified atom stereocenters. The molecule has 7 heteroatoms. The lowest BCUT2D eigenvalue weighted by molar-refractivity contribution is -0.136. The van der Waals surface area contributed by atoms with E-state index in [1.165, 1.54) is 4.90 Å². The van der Waals surface area contributed by atoms with Crippen molar-refractivity contribution >= 4 is 17.7 Å². The molecule has 1 fully saturated rings. The van der Waals surface area contributed by atoms with E-state index in [-0.39, 0.29) is 24.8 Å². The third kappa shape index (κ3) is 2.92. The molecule has 122 valence electrons. The van der Waals surface area contributed by atoms with Crippen LogP contribution in [0.1, 0.15) is 42.6 Å². The van der Waals surface area contributed by atoms with Gasteiger partial charge in [0.25, 0.3) is 5.91 Å². The normalized spacial score (nSPS) is 21.3. The number of fused-ring (bicyclic) bond motifs is 1. The Morgan fingerprint density at radius 3 is 2.70 bits per heavy atom. The van der Waals surface area contributed by atoms with Gasteiger partial charge in [0.1, 0.15) is 11.8 Å². The van der Waals surface area contributed by atoms with Crippen LogP contribution >= 0.6 is 0 Å². The summed E-state index contributed by atoms with van der Waals surface area (Å²) >= 11 is 0. The van der Waals surface area contributed by atoms with Crippen molar-refractivity contribution in [2.45, 2.75) is 45.0 Å². The number of nitrogens with one attached hydrogen (secondary N) is 1. The maximum atomic E-state index is 12.6. The molecule has 23 heavy (non-hydrogen) atoms. The van der Waals surface area contributed by atoms with Crippen molar-refractivity contribution in [3.05, 3.63) is 29.3 Å². The summed E-state index contributed by atoms with van der Waals surface area (Å²) in [5, 5.41) is 2.28. The summed E-state index contributed by atoms with van der Waals surface area (Å²) in [5.74, 6) is -0.415. The first-order valence-electron chi connectivity index (χ1n) is 7.51. The molecule has 1 saturated heterocycles. The molecule has 2 aliphatic heterocycles. The highest BCUT2D eigenvalue weighted by molar-refractivity contribution is 6.05. The molecule has 0 aliphatic carbocycles. The van der Waals surface area contributed by atoms with E-state index >= 15 is 0 Å². The largest absolute Gasteiger partial charge is 0.473 e. The van der Waals surface area contributed by atoms with Crippen molar-refractivity contribution in [1.29, 1.82) is 0 Å². The van der Waals surface area contributed by atoms with Crippen molar-refractivity contribution in [3.8, 4) is 5.75 Å². The number of hydrogen-bond acceptors (Lipinski definition) is 5. The zero-order valence-corrected chi connectivity index (χ0v) is 13.1. The molecule has 0 saturated carbocycles. The second-order valence-electron chi connectivity index (χ2n) is 6.39. The predicted molar refractivity (Wildman–Crippen MR) is 81.4 cm³/mol. The van der Waals surface area contributed by atoms with Gasteiger partial charge in [-0.05, 0) is 32.4 Å². The van der Waals surface area contributed by atoms with Crippen LogP contribution in [0.15, 0.2) is 18.2 Å². The highest BCUT2D eigenvalue weighted by Gasteiger charge is 2.40. The first-order chi connectivity index (χ1) is 10.8. The number of carbonyl (C=O) groups excluding carboxylic acids is 3. The summed E-state index contributed by atoms with van der Waals surface area (Å²) in [6.45, 7) is 3.72. The average molecular weight is 317 g/mol. The van der Waals surface area contributed by atoms with Gasteiger partial charge in [0, 0.05) is 17.5 Å². The molecule has 0 bridgehead atoms. The molecular weight excluding hydrogens is 298 g/mol. The van der Waals surface area contributed by atoms with Gasteiger partial charge in [0.2, 0.25) is 11.8 Å². The molecule has 1 atom stereocenters. The van der Waals surface area contributed by atoms with E-state index in [2.05, 4.69) is 5.32 Å². The number of nitrogens with two attached hydrogens (primary N) is 1. The highest BCUT2D eigenvalue weighted by atomic mass is 16.5. The summed E-state index contributed by atoms with van der Waals surface area (Å²) in [5.41, 5.74) is 6.25. The minimum absolute atomic E-state index is 0.227. The molecule has 0 aromatic heterocycles. The van der Waals surface area contributed by atoms with Crippen LogP contribution in [0.5, 0.6) is 5.75 Å². The number of nitrogens with zero attached hydrogens (tertiary/aromatic N) is 1. The SMILES string of the molecule is CC(C)(N)Oc1cccc2c1CN(C1CCC(=O)NC1=O)C2=O. The Kier molecular flexibility index (Phi) is 3.60. The minimum atomic E-state index is -0.875. The summed E-state index contributed by atoms with van der Waals surface area (Å²) in [6, 6.07) is 4.56. The molecule has 1 aromatic carbocycles. The Morgan fingerprint density at radius 2 is 2.04 bits per heavy atom. The van der Waals surface area contributed by atoms with Crippen molar-refractivity contribution < 1.29 is 19.1 Å². The van der Waals surface area contributed by atoms with Crippen LogP contribution in [0.3, 0.4) is 0 Å². The Morgan fingerprint density at radius 1 is 1.30 bits per heavy atom. The molecule has 0 radical (unpaired) electrons. The molecule has 3 rings (SSSR count). The number of carbonyl (C=O) groups is 3. The van der Waals surface area contributed by atoms with Gasteiger partial charge in [0.05, 0.1) is 6.54 Å². The molecule has 0 spiro atoms. The van der Waals surface area contributed by atoms with E-state index in [0.29, 0.717) is 17.7 Å². The second kappa shape index (κ2) is 5.34. The molecule has 7 nitrogen and oxygen atoms in total. The standard InChI is InChI=1S/C16H19N3O4/c1-16(2,17)23-12-5-3-4-9-10(12)8-19(15(9)22)11-6-7-13(20)18-14(11)21/h3-5,11H,6-8,17H2,1-2H3,(H,18,20,21). The number of ether oxygens (including phenoxy) is 1.